The number of piperazine rings is 1. The molecule has 12 heteroatoms. The molecular formula is C14H25IN6O4S. The second-order valence-corrected chi connectivity index (χ2v) is 7.50. The molecule has 1 aliphatic rings. The van der Waals surface area contributed by atoms with E-state index >= 15 is 0 Å². The monoisotopic (exact) mass is 500 g/mol. The van der Waals surface area contributed by atoms with Crippen molar-refractivity contribution in [1.82, 2.24) is 25.0 Å². The maximum Gasteiger partial charge on any atom is 0.221 e. The maximum absolute atomic E-state index is 12.4. The molecule has 0 aliphatic carbocycles. The molecule has 1 aliphatic heterocycles. The summed E-state index contributed by atoms with van der Waals surface area (Å²) in [5.74, 6) is 0.451. The van der Waals surface area contributed by atoms with Gasteiger partial charge in [0.25, 0.3) is 0 Å². The van der Waals surface area contributed by atoms with Crippen LogP contribution in [0.15, 0.2) is 21.8 Å². The Morgan fingerprint density at radius 2 is 2.04 bits per heavy atom. The normalized spacial score (nSPS) is 16.1. The Labute approximate surface area is 170 Å². The molecular weight excluding hydrogens is 475 g/mol. The largest absolute Gasteiger partial charge is 0.364 e. The number of nitrogens with one attached hydrogen (secondary N) is 2. The van der Waals surface area contributed by atoms with E-state index in [1.807, 2.05) is 4.90 Å². The highest BCUT2D eigenvalue weighted by Crippen LogP contribution is 2.12. The Hall–Kier alpha value is -1.41. The molecule has 1 aromatic rings. The highest BCUT2D eigenvalue weighted by Gasteiger charge is 2.28. The van der Waals surface area contributed by atoms with E-state index in [0.717, 1.165) is 0 Å². The van der Waals surface area contributed by atoms with Gasteiger partial charge in [-0.15, -0.1) is 24.0 Å². The Balaban J connectivity index is 0.00000338. The molecule has 1 saturated heterocycles. The molecule has 10 nitrogen and oxygen atoms in total. The van der Waals surface area contributed by atoms with E-state index < -0.39 is 10.0 Å². The van der Waals surface area contributed by atoms with Crippen LogP contribution in [0.1, 0.15) is 12.1 Å². The van der Waals surface area contributed by atoms with Gasteiger partial charge in [-0.2, -0.15) is 4.31 Å². The Kier molecular flexibility index (Phi) is 9.29. The summed E-state index contributed by atoms with van der Waals surface area (Å²) in [4.78, 5) is 17.4. The molecule has 0 aromatic carbocycles. The van der Waals surface area contributed by atoms with Crippen molar-refractivity contribution in [1.29, 1.82) is 0 Å². The lowest BCUT2D eigenvalue weighted by molar-refractivity contribution is -0.120. The predicted octanol–water partition coefficient (Wildman–Crippen LogP) is -0.548. The van der Waals surface area contributed by atoms with Crippen LogP contribution in [-0.4, -0.2) is 81.5 Å². The molecule has 2 rings (SSSR count). The Morgan fingerprint density at radius 1 is 1.35 bits per heavy atom. The average Bonchev–Trinajstić information content (AvgIpc) is 3.11. The number of rotatable bonds is 6. The molecule has 0 bridgehead atoms. The molecule has 1 amide bonds. The van der Waals surface area contributed by atoms with Gasteiger partial charge in [0.05, 0.1) is 5.69 Å². The minimum Gasteiger partial charge on any atom is -0.364 e. The Bertz CT molecular complexity index is 686. The number of guanidine groups is 1. The lowest BCUT2D eigenvalue weighted by Gasteiger charge is -2.35. The van der Waals surface area contributed by atoms with E-state index in [4.69, 9.17) is 0 Å². The first-order chi connectivity index (χ1) is 12.0. The van der Waals surface area contributed by atoms with Gasteiger partial charge >= 0.3 is 0 Å². The van der Waals surface area contributed by atoms with Crippen molar-refractivity contribution in [2.24, 2.45) is 4.99 Å². The summed E-state index contributed by atoms with van der Waals surface area (Å²) in [6.07, 6.45) is 1.71. The number of aliphatic imine (C=N–C) groups is 1. The van der Waals surface area contributed by atoms with Gasteiger partial charge in [0.1, 0.15) is 12.0 Å². The van der Waals surface area contributed by atoms with E-state index in [-0.39, 0.29) is 35.6 Å². The van der Waals surface area contributed by atoms with Gasteiger partial charge in [-0.25, -0.2) is 8.42 Å². The van der Waals surface area contributed by atoms with Gasteiger partial charge in [0.2, 0.25) is 15.9 Å². The summed E-state index contributed by atoms with van der Waals surface area (Å²) in [7, 11) is -0.167. The third-order valence-electron chi connectivity index (χ3n) is 3.88. The van der Waals surface area contributed by atoms with E-state index in [2.05, 4.69) is 25.3 Å². The summed E-state index contributed by atoms with van der Waals surface area (Å²) >= 11 is 0. The van der Waals surface area contributed by atoms with E-state index in [9.17, 15) is 13.2 Å². The molecule has 2 heterocycles. The lowest BCUT2D eigenvalue weighted by atomic mass is 10.3. The van der Waals surface area contributed by atoms with Gasteiger partial charge in [-0.1, -0.05) is 5.16 Å². The first kappa shape index (κ1) is 22.6. The summed E-state index contributed by atoms with van der Waals surface area (Å²) in [5, 5.41) is 9.33. The van der Waals surface area contributed by atoms with Crippen molar-refractivity contribution in [2.75, 3.05) is 46.8 Å². The second-order valence-electron chi connectivity index (χ2n) is 5.53. The molecule has 148 valence electrons. The number of amides is 1. The number of halogens is 1. The van der Waals surface area contributed by atoms with Crippen LogP contribution >= 0.6 is 24.0 Å². The first-order valence-corrected chi connectivity index (χ1v) is 9.60. The third kappa shape index (κ3) is 6.39. The molecule has 0 atom stereocenters. The number of hydrogen-bond donors (Lipinski definition) is 2. The maximum atomic E-state index is 12.4. The SMILES string of the molecule is CN=C(NCCC(=O)NC)N1CCN(S(=O)(=O)Cc2ccon2)CC1.I. The number of carbonyl (C=O) groups excluding carboxylic acids is 1. The number of hydrogen-bond acceptors (Lipinski definition) is 6. The van der Waals surface area contributed by atoms with E-state index in [1.165, 1.54) is 10.6 Å². The minimum atomic E-state index is -3.42. The molecule has 26 heavy (non-hydrogen) atoms. The van der Waals surface area contributed by atoms with Crippen LogP contribution in [0.4, 0.5) is 0 Å². The molecule has 0 radical (unpaired) electrons. The fourth-order valence-electron chi connectivity index (χ4n) is 2.51. The predicted molar refractivity (Wildman–Crippen MR) is 108 cm³/mol. The van der Waals surface area contributed by atoms with Crippen LogP contribution in [-0.2, 0) is 20.6 Å². The topological polar surface area (TPSA) is 120 Å². The fraction of sp³-hybridized carbons (Fsp3) is 0.643. The minimum absolute atomic E-state index is 0. The standard InChI is InChI=1S/C14H24N6O4S.HI/c1-15-13(21)3-5-17-14(16-2)19-6-8-20(9-7-19)25(22,23)11-12-4-10-24-18-12;/h4,10H,3,5-9,11H2,1-2H3,(H,15,21)(H,16,17);1H. The van der Waals surface area contributed by atoms with Crippen molar-refractivity contribution in [2.45, 2.75) is 12.2 Å². The molecule has 0 saturated carbocycles. The summed E-state index contributed by atoms with van der Waals surface area (Å²) in [6.45, 7) is 2.26. The van der Waals surface area contributed by atoms with Crippen molar-refractivity contribution < 1.29 is 17.7 Å². The van der Waals surface area contributed by atoms with Crippen LogP contribution in [0.2, 0.25) is 0 Å². The van der Waals surface area contributed by atoms with Crippen LogP contribution in [0, 0.1) is 0 Å². The Morgan fingerprint density at radius 3 is 2.58 bits per heavy atom. The molecule has 0 unspecified atom stereocenters. The van der Waals surface area contributed by atoms with Crippen LogP contribution < -0.4 is 10.6 Å². The number of aromatic nitrogens is 1. The quantitative estimate of drug-likeness (QED) is 0.306. The zero-order valence-corrected chi connectivity index (χ0v) is 18.0. The number of sulfonamides is 1. The zero-order chi connectivity index (χ0) is 18.3. The smallest absolute Gasteiger partial charge is 0.221 e. The van der Waals surface area contributed by atoms with Crippen molar-refractivity contribution in [3.63, 3.8) is 0 Å². The average molecular weight is 500 g/mol. The summed E-state index contributed by atoms with van der Waals surface area (Å²) in [6, 6.07) is 1.55. The van der Waals surface area contributed by atoms with Crippen LogP contribution in [0.3, 0.4) is 0 Å². The zero-order valence-electron chi connectivity index (χ0n) is 14.8. The summed E-state index contributed by atoms with van der Waals surface area (Å²) < 4.78 is 31.0. The van der Waals surface area contributed by atoms with Crippen molar-refractivity contribution >= 4 is 45.9 Å². The summed E-state index contributed by atoms with van der Waals surface area (Å²) in [5.41, 5.74) is 0.397. The van der Waals surface area contributed by atoms with Gasteiger partial charge < -0.3 is 20.1 Å². The molecule has 1 aromatic heterocycles. The fourth-order valence-corrected chi connectivity index (χ4v) is 3.94. The van der Waals surface area contributed by atoms with Gasteiger partial charge in [-0.3, -0.25) is 9.79 Å². The van der Waals surface area contributed by atoms with Crippen LogP contribution in [0.5, 0.6) is 0 Å². The van der Waals surface area contributed by atoms with Gasteiger partial charge in [0.15, 0.2) is 5.96 Å². The van der Waals surface area contributed by atoms with Crippen LogP contribution in [0.25, 0.3) is 0 Å². The van der Waals surface area contributed by atoms with Crippen molar-refractivity contribution in [3.8, 4) is 0 Å². The number of nitrogens with zero attached hydrogens (tertiary/aromatic N) is 4. The lowest BCUT2D eigenvalue weighted by Crippen LogP contribution is -2.54. The third-order valence-corrected chi connectivity index (χ3v) is 5.69. The number of carbonyl (C=O) groups is 1. The van der Waals surface area contributed by atoms with Crippen molar-refractivity contribution in [3.05, 3.63) is 18.0 Å². The second kappa shape index (κ2) is 10.7. The highest BCUT2D eigenvalue weighted by atomic mass is 127. The first-order valence-electron chi connectivity index (χ1n) is 7.99. The molecule has 2 N–H and O–H groups in total. The highest BCUT2D eigenvalue weighted by molar-refractivity contribution is 14.0. The molecule has 0 spiro atoms. The van der Waals surface area contributed by atoms with Gasteiger partial charge in [-0.05, 0) is 0 Å². The van der Waals surface area contributed by atoms with E-state index in [1.54, 1.807) is 20.2 Å². The van der Waals surface area contributed by atoms with E-state index in [0.29, 0.717) is 50.8 Å². The molecule has 1 fully saturated rings. The van der Waals surface area contributed by atoms with Gasteiger partial charge in [0, 0.05) is 59.3 Å².